The van der Waals surface area contributed by atoms with Gasteiger partial charge in [-0.15, -0.1) is 0 Å². The highest BCUT2D eigenvalue weighted by Crippen LogP contribution is 2.25. The molecule has 242 valence electrons. The maximum Gasteiger partial charge on any atom is 0.343 e. The zero-order valence-corrected chi connectivity index (χ0v) is 28.2. The first-order valence-corrected chi connectivity index (χ1v) is 17.6. The van der Waals surface area contributed by atoms with E-state index in [0.29, 0.717) is 11.3 Å². The minimum Gasteiger partial charge on any atom is -0.423 e. The van der Waals surface area contributed by atoms with Crippen LogP contribution < -0.4 is 4.74 Å². The van der Waals surface area contributed by atoms with E-state index in [1.54, 1.807) is 0 Å². The average molecular weight is 624 g/mol. The van der Waals surface area contributed by atoms with Gasteiger partial charge in [-0.2, -0.15) is 0 Å². The summed E-state index contributed by atoms with van der Waals surface area (Å²) < 4.78 is 5.74. The summed E-state index contributed by atoms with van der Waals surface area (Å²) in [6.07, 6.45) is 16.6. The lowest BCUT2D eigenvalue weighted by atomic mass is 10.00. The fourth-order valence-electron chi connectivity index (χ4n) is 6.05. The van der Waals surface area contributed by atoms with E-state index >= 15 is 0 Å². The Labute approximate surface area is 281 Å². The lowest BCUT2D eigenvalue weighted by Gasteiger charge is -2.09. The van der Waals surface area contributed by atoms with Crippen LogP contribution in [0.2, 0.25) is 0 Å². The number of hydrogen-bond acceptors (Lipinski definition) is 3. The first kappa shape index (κ1) is 33.9. The first-order valence-electron chi connectivity index (χ1n) is 17.6. The Hall–Kier alpha value is -4.50. The van der Waals surface area contributed by atoms with Crippen LogP contribution >= 0.6 is 0 Å². The fraction of sp³-hybridized carbons (Fsp3) is 0.318. The second-order valence-corrected chi connectivity index (χ2v) is 12.7. The number of esters is 1. The minimum atomic E-state index is -0.345. The molecule has 0 aliphatic carbocycles. The van der Waals surface area contributed by atoms with Crippen molar-refractivity contribution in [1.82, 2.24) is 0 Å². The first-order chi connectivity index (χ1) is 23.1. The van der Waals surface area contributed by atoms with Crippen molar-refractivity contribution >= 4 is 23.0 Å². The van der Waals surface area contributed by atoms with Crippen molar-refractivity contribution in [1.29, 1.82) is 0 Å². The number of fused-ring (bicyclic) bond motifs is 1. The quantitative estimate of drug-likeness (QED) is 0.0447. The number of carbonyl (C=O) groups excluding carboxylic acids is 1. The molecule has 47 heavy (non-hydrogen) atoms. The molecule has 0 aliphatic rings. The molecule has 0 spiro atoms. The number of unbranched alkanes of at least 4 members (excludes halogenated alkanes) is 9. The van der Waals surface area contributed by atoms with E-state index in [0.717, 1.165) is 28.5 Å². The lowest BCUT2D eigenvalue weighted by molar-refractivity contribution is 0.0735. The smallest absolute Gasteiger partial charge is 0.343 e. The maximum atomic E-state index is 13.0. The summed E-state index contributed by atoms with van der Waals surface area (Å²) in [5.74, 6) is 0.187. The van der Waals surface area contributed by atoms with Crippen molar-refractivity contribution in [3.8, 4) is 16.9 Å². The third kappa shape index (κ3) is 10.5. The van der Waals surface area contributed by atoms with Gasteiger partial charge < -0.3 is 4.74 Å². The second-order valence-electron chi connectivity index (χ2n) is 12.7. The van der Waals surface area contributed by atoms with Gasteiger partial charge in [0.15, 0.2) is 0 Å². The topological polar surface area (TPSA) is 38.7 Å². The Morgan fingerprint density at radius 2 is 1.26 bits per heavy atom. The zero-order valence-electron chi connectivity index (χ0n) is 28.2. The van der Waals surface area contributed by atoms with E-state index in [1.165, 1.54) is 80.7 Å². The molecule has 0 bridgehead atoms. The van der Waals surface area contributed by atoms with Gasteiger partial charge in [0, 0.05) is 6.21 Å². The van der Waals surface area contributed by atoms with E-state index in [4.69, 9.17) is 9.73 Å². The van der Waals surface area contributed by atoms with Crippen LogP contribution in [0.1, 0.15) is 111 Å². The van der Waals surface area contributed by atoms with Crippen molar-refractivity contribution in [3.05, 3.63) is 138 Å². The molecule has 0 heterocycles. The van der Waals surface area contributed by atoms with Gasteiger partial charge in [0.2, 0.25) is 0 Å². The van der Waals surface area contributed by atoms with Gasteiger partial charge in [-0.05, 0) is 82.6 Å². The highest BCUT2D eigenvalue weighted by Gasteiger charge is 2.11. The molecule has 0 saturated heterocycles. The van der Waals surface area contributed by atoms with Crippen LogP contribution in [0.4, 0.5) is 0 Å². The molecule has 0 aromatic heterocycles. The van der Waals surface area contributed by atoms with Gasteiger partial charge in [0.25, 0.3) is 0 Å². The van der Waals surface area contributed by atoms with Crippen molar-refractivity contribution < 1.29 is 9.53 Å². The molecule has 0 aliphatic heterocycles. The SMILES string of the molecule is CCCCCCCCCCCCc1ccc2cc(C(=O)Oc3ccc(-c4ccc(C=N[C@H](C)c5ccccc5)cc4)cc3)ccc2c1. The predicted octanol–water partition coefficient (Wildman–Crippen LogP) is 12.4. The second kappa shape index (κ2) is 18.0. The van der Waals surface area contributed by atoms with Crippen LogP contribution in [0.5, 0.6) is 5.75 Å². The predicted molar refractivity (Wildman–Crippen MR) is 199 cm³/mol. The lowest BCUT2D eigenvalue weighted by Crippen LogP contribution is -2.08. The molecule has 0 unspecified atom stereocenters. The van der Waals surface area contributed by atoms with Crippen molar-refractivity contribution in [2.75, 3.05) is 0 Å². The van der Waals surface area contributed by atoms with E-state index in [1.807, 2.05) is 66.9 Å². The monoisotopic (exact) mass is 623 g/mol. The number of rotatable bonds is 17. The van der Waals surface area contributed by atoms with Crippen molar-refractivity contribution in [2.24, 2.45) is 4.99 Å². The number of benzene rings is 5. The van der Waals surface area contributed by atoms with Gasteiger partial charge in [-0.3, -0.25) is 4.99 Å². The third-order valence-corrected chi connectivity index (χ3v) is 9.00. The Morgan fingerprint density at radius 3 is 1.94 bits per heavy atom. The molecule has 5 aromatic carbocycles. The average Bonchev–Trinajstić information content (AvgIpc) is 3.12. The Morgan fingerprint density at radius 1 is 0.660 bits per heavy atom. The van der Waals surface area contributed by atoms with E-state index in [9.17, 15) is 4.79 Å². The molecular weight excluding hydrogens is 574 g/mol. The minimum absolute atomic E-state index is 0.109. The molecular formula is C44H49NO2. The Balaban J connectivity index is 1.08. The summed E-state index contributed by atoms with van der Waals surface area (Å²) in [5, 5.41) is 2.23. The summed E-state index contributed by atoms with van der Waals surface area (Å²) in [5.41, 5.74) is 6.34. The molecule has 0 fully saturated rings. The number of hydrogen-bond donors (Lipinski definition) is 0. The molecule has 5 rings (SSSR count). The molecule has 0 radical (unpaired) electrons. The normalized spacial score (nSPS) is 12.0. The molecule has 0 N–H and O–H groups in total. The Kier molecular flexibility index (Phi) is 13.0. The summed E-state index contributed by atoms with van der Waals surface area (Å²) in [4.78, 5) is 17.7. The van der Waals surface area contributed by atoms with E-state index < -0.39 is 0 Å². The molecule has 5 aromatic rings. The van der Waals surface area contributed by atoms with Crippen LogP contribution in [-0.2, 0) is 6.42 Å². The van der Waals surface area contributed by atoms with Crippen LogP contribution in [0.25, 0.3) is 21.9 Å². The highest BCUT2D eigenvalue weighted by molar-refractivity contribution is 5.96. The number of ether oxygens (including phenoxy) is 1. The van der Waals surface area contributed by atoms with Gasteiger partial charge >= 0.3 is 5.97 Å². The van der Waals surface area contributed by atoms with Gasteiger partial charge in [0.05, 0.1) is 11.6 Å². The summed E-state index contributed by atoms with van der Waals surface area (Å²) >= 11 is 0. The Bertz CT molecular complexity index is 1700. The van der Waals surface area contributed by atoms with Crippen LogP contribution in [-0.4, -0.2) is 12.2 Å². The maximum absolute atomic E-state index is 13.0. The number of aliphatic imine (C=N–C) groups is 1. The number of nitrogens with zero attached hydrogens (tertiary/aromatic N) is 1. The van der Waals surface area contributed by atoms with Crippen LogP contribution in [0, 0.1) is 0 Å². The summed E-state index contributed by atoms with van der Waals surface area (Å²) in [7, 11) is 0. The number of carbonyl (C=O) groups is 1. The van der Waals surface area contributed by atoms with Crippen molar-refractivity contribution in [3.63, 3.8) is 0 Å². The van der Waals surface area contributed by atoms with E-state index in [-0.39, 0.29) is 12.0 Å². The van der Waals surface area contributed by atoms with Gasteiger partial charge in [-0.1, -0.05) is 156 Å². The molecule has 0 amide bonds. The largest absolute Gasteiger partial charge is 0.423 e. The van der Waals surface area contributed by atoms with Gasteiger partial charge in [0.1, 0.15) is 5.75 Å². The van der Waals surface area contributed by atoms with E-state index in [2.05, 4.69) is 68.4 Å². The summed E-state index contributed by atoms with van der Waals surface area (Å²) in [6.45, 7) is 4.38. The number of aryl methyl sites for hydroxylation is 1. The molecule has 0 saturated carbocycles. The molecule has 3 heteroatoms. The highest BCUT2D eigenvalue weighted by atomic mass is 16.5. The standard InChI is InChI=1S/C44H49NO2/c1-3-4-5-6-7-8-9-10-11-13-16-35-19-24-41-32-42(26-25-40(41)31-35)44(46)47-43-29-27-39(28-30-43)38-22-20-36(21-23-38)33-45-34(2)37-17-14-12-15-18-37/h12,14-15,17-34H,3-11,13,16H2,1-2H3/t34-/m1/s1. The fourth-order valence-corrected chi connectivity index (χ4v) is 6.05. The summed E-state index contributed by atoms with van der Waals surface area (Å²) in [6, 6.07) is 38.9. The molecule has 3 nitrogen and oxygen atoms in total. The zero-order chi connectivity index (χ0) is 32.7. The van der Waals surface area contributed by atoms with Gasteiger partial charge in [-0.25, -0.2) is 4.79 Å². The van der Waals surface area contributed by atoms with Crippen LogP contribution in [0.15, 0.2) is 120 Å². The van der Waals surface area contributed by atoms with Crippen molar-refractivity contribution in [2.45, 2.75) is 90.5 Å². The van der Waals surface area contributed by atoms with Crippen LogP contribution in [0.3, 0.4) is 0 Å². The third-order valence-electron chi connectivity index (χ3n) is 9.00. The molecule has 1 atom stereocenters.